The van der Waals surface area contributed by atoms with Crippen LogP contribution in [-0.4, -0.2) is 0 Å². The summed E-state index contributed by atoms with van der Waals surface area (Å²) >= 11 is 0. The third-order valence-corrected chi connectivity index (χ3v) is 6.77. The zero-order valence-corrected chi connectivity index (χ0v) is 21.1. The predicted molar refractivity (Wildman–Crippen MR) is 146 cm³/mol. The van der Waals surface area contributed by atoms with Crippen molar-refractivity contribution in [2.75, 3.05) is 0 Å². The topological polar surface area (TPSA) is 0 Å². The Morgan fingerprint density at radius 2 is 1.00 bits per heavy atom. The van der Waals surface area contributed by atoms with E-state index in [1.807, 2.05) is 0 Å². The van der Waals surface area contributed by atoms with E-state index in [1.165, 1.54) is 138 Å². The molecule has 0 spiro atoms. The molecule has 0 aromatic heterocycles. The summed E-state index contributed by atoms with van der Waals surface area (Å²) < 4.78 is 0. The van der Waals surface area contributed by atoms with Crippen LogP contribution in [0.1, 0.15) is 128 Å². The van der Waals surface area contributed by atoms with Gasteiger partial charge in [0, 0.05) is 0 Å². The van der Waals surface area contributed by atoms with E-state index in [4.69, 9.17) is 0 Å². The molecular formula is C32H50. The molecule has 0 amide bonds. The minimum Gasteiger partial charge on any atom is -0.0885 e. The average Bonchev–Trinajstić information content (AvgIpc) is 2.82. The van der Waals surface area contributed by atoms with Crippen LogP contribution in [0.4, 0.5) is 0 Å². The van der Waals surface area contributed by atoms with Gasteiger partial charge in [-0.15, -0.1) is 0 Å². The van der Waals surface area contributed by atoms with Crippen molar-refractivity contribution in [3.8, 4) is 0 Å². The Balaban J connectivity index is 1.29. The normalized spacial score (nSPS) is 11.7. The molecule has 0 N–H and O–H groups in total. The van der Waals surface area contributed by atoms with Crippen molar-refractivity contribution in [3.63, 3.8) is 0 Å². The van der Waals surface area contributed by atoms with Crippen LogP contribution < -0.4 is 0 Å². The summed E-state index contributed by atoms with van der Waals surface area (Å²) in [6.45, 7) is 2.25. The molecule has 32 heavy (non-hydrogen) atoms. The number of rotatable bonds is 20. The standard InChI is InChI=1S/C32H50/c1-2-3-4-5-6-7-8-9-10-11-12-13-14-15-16-17-18-19-20-21-24-30-27-28-31-25-22-23-26-32(31)29-30/h4-5,22-23,25-29H,2-3,6-21,24H2,1H3/b5-4+. The number of hydrogen-bond donors (Lipinski definition) is 0. The minimum absolute atomic E-state index is 1.24. The van der Waals surface area contributed by atoms with Crippen molar-refractivity contribution in [2.45, 2.75) is 129 Å². The number of aryl methyl sites for hydroxylation is 1. The van der Waals surface area contributed by atoms with Crippen molar-refractivity contribution in [1.29, 1.82) is 0 Å². The zero-order valence-electron chi connectivity index (χ0n) is 21.1. The number of fused-ring (bicyclic) bond motifs is 1. The first-order valence-corrected chi connectivity index (χ1v) is 14.0. The van der Waals surface area contributed by atoms with E-state index in [1.54, 1.807) is 0 Å². The van der Waals surface area contributed by atoms with Crippen LogP contribution >= 0.6 is 0 Å². The molecule has 0 atom stereocenters. The zero-order chi connectivity index (χ0) is 22.5. The van der Waals surface area contributed by atoms with E-state index in [0.29, 0.717) is 0 Å². The summed E-state index contributed by atoms with van der Waals surface area (Å²) in [5.74, 6) is 0. The lowest BCUT2D eigenvalue weighted by molar-refractivity contribution is 0.530. The third-order valence-electron chi connectivity index (χ3n) is 6.77. The van der Waals surface area contributed by atoms with Crippen LogP contribution in [0.15, 0.2) is 54.6 Å². The fourth-order valence-electron chi connectivity index (χ4n) is 4.69. The second-order valence-electron chi connectivity index (χ2n) is 9.78. The second kappa shape index (κ2) is 19.0. The van der Waals surface area contributed by atoms with Gasteiger partial charge in [0.15, 0.2) is 0 Å². The molecule has 0 bridgehead atoms. The number of unbranched alkanes of at least 4 members (excludes halogenated alkanes) is 16. The summed E-state index contributed by atoms with van der Waals surface area (Å²) in [7, 11) is 0. The van der Waals surface area contributed by atoms with E-state index in [-0.39, 0.29) is 0 Å². The van der Waals surface area contributed by atoms with Gasteiger partial charge < -0.3 is 0 Å². The van der Waals surface area contributed by atoms with Gasteiger partial charge in [-0.05, 0) is 48.4 Å². The Labute approximate surface area is 199 Å². The Hall–Kier alpha value is -1.56. The van der Waals surface area contributed by atoms with Gasteiger partial charge in [0.1, 0.15) is 0 Å². The predicted octanol–water partition coefficient (Wildman–Crippen LogP) is 11.0. The SMILES string of the molecule is CCC/C=C/CCCCCCCCCCCCCCCCCc1ccc2ccccc2c1. The van der Waals surface area contributed by atoms with Gasteiger partial charge in [-0.3, -0.25) is 0 Å². The molecule has 0 aliphatic carbocycles. The quantitative estimate of drug-likeness (QED) is 0.143. The van der Waals surface area contributed by atoms with Crippen LogP contribution in [0, 0.1) is 0 Å². The van der Waals surface area contributed by atoms with Gasteiger partial charge in [0.05, 0.1) is 0 Å². The smallest absolute Gasteiger partial charge is 0.0181 e. The molecule has 0 radical (unpaired) electrons. The molecule has 0 unspecified atom stereocenters. The maximum atomic E-state index is 2.38. The molecule has 2 aromatic carbocycles. The highest BCUT2D eigenvalue weighted by Crippen LogP contribution is 2.18. The van der Waals surface area contributed by atoms with Crippen LogP contribution in [-0.2, 0) is 6.42 Å². The third kappa shape index (κ3) is 13.1. The van der Waals surface area contributed by atoms with E-state index in [9.17, 15) is 0 Å². The summed E-state index contributed by atoms with van der Waals surface area (Å²) in [6, 6.07) is 15.7. The maximum absolute atomic E-state index is 2.38. The first-order chi connectivity index (χ1) is 15.9. The van der Waals surface area contributed by atoms with Crippen molar-refractivity contribution in [2.24, 2.45) is 0 Å². The fraction of sp³-hybridized carbons (Fsp3) is 0.625. The van der Waals surface area contributed by atoms with E-state index in [0.717, 1.165) is 0 Å². The summed E-state index contributed by atoms with van der Waals surface area (Å²) in [5.41, 5.74) is 1.50. The molecular weight excluding hydrogens is 384 g/mol. The molecule has 0 fully saturated rings. The van der Waals surface area contributed by atoms with Crippen LogP contribution in [0.5, 0.6) is 0 Å². The first-order valence-electron chi connectivity index (χ1n) is 14.0. The largest absolute Gasteiger partial charge is 0.0885 e. The Morgan fingerprint density at radius 3 is 1.59 bits per heavy atom. The summed E-state index contributed by atoms with van der Waals surface area (Å²) in [6.07, 6.45) is 31.3. The Kier molecular flexibility index (Phi) is 15.8. The number of allylic oxidation sites excluding steroid dienone is 2. The summed E-state index contributed by atoms with van der Waals surface area (Å²) in [4.78, 5) is 0. The molecule has 2 aromatic rings. The molecule has 0 aliphatic rings. The molecule has 0 nitrogen and oxygen atoms in total. The van der Waals surface area contributed by atoms with Crippen LogP contribution in [0.25, 0.3) is 10.8 Å². The monoisotopic (exact) mass is 434 g/mol. The molecule has 0 heteroatoms. The highest BCUT2D eigenvalue weighted by atomic mass is 14.0. The first kappa shape index (κ1) is 26.7. The lowest BCUT2D eigenvalue weighted by atomic mass is 10.0. The second-order valence-corrected chi connectivity index (χ2v) is 9.78. The van der Waals surface area contributed by atoms with Crippen LogP contribution in [0.3, 0.4) is 0 Å². The van der Waals surface area contributed by atoms with Gasteiger partial charge in [-0.25, -0.2) is 0 Å². The molecule has 0 aliphatic heterocycles. The van der Waals surface area contributed by atoms with Crippen molar-refractivity contribution in [3.05, 3.63) is 60.2 Å². The van der Waals surface area contributed by atoms with Gasteiger partial charge in [0.25, 0.3) is 0 Å². The van der Waals surface area contributed by atoms with Gasteiger partial charge in [-0.1, -0.05) is 151 Å². The molecule has 0 heterocycles. The van der Waals surface area contributed by atoms with Gasteiger partial charge in [0.2, 0.25) is 0 Å². The molecule has 0 saturated heterocycles. The van der Waals surface area contributed by atoms with Gasteiger partial charge >= 0.3 is 0 Å². The van der Waals surface area contributed by atoms with Crippen molar-refractivity contribution < 1.29 is 0 Å². The Morgan fingerprint density at radius 1 is 0.500 bits per heavy atom. The molecule has 2 rings (SSSR count). The van der Waals surface area contributed by atoms with E-state index in [2.05, 4.69) is 61.5 Å². The highest BCUT2D eigenvalue weighted by Gasteiger charge is 1.98. The average molecular weight is 435 g/mol. The fourth-order valence-corrected chi connectivity index (χ4v) is 4.69. The number of benzene rings is 2. The highest BCUT2D eigenvalue weighted by molar-refractivity contribution is 5.82. The minimum atomic E-state index is 1.24. The van der Waals surface area contributed by atoms with Crippen molar-refractivity contribution >= 4 is 10.8 Å². The van der Waals surface area contributed by atoms with Crippen molar-refractivity contribution in [1.82, 2.24) is 0 Å². The molecule has 0 saturated carbocycles. The molecule has 178 valence electrons. The lowest BCUT2D eigenvalue weighted by Crippen LogP contribution is -1.87. The van der Waals surface area contributed by atoms with Crippen LogP contribution in [0.2, 0.25) is 0 Å². The maximum Gasteiger partial charge on any atom is -0.0181 e. The lowest BCUT2D eigenvalue weighted by Gasteiger charge is -2.05. The van der Waals surface area contributed by atoms with E-state index < -0.39 is 0 Å². The number of hydrogen-bond acceptors (Lipinski definition) is 0. The Bertz CT molecular complexity index is 711. The summed E-state index contributed by atoms with van der Waals surface area (Å²) in [5, 5.41) is 2.74. The van der Waals surface area contributed by atoms with E-state index >= 15 is 0 Å². The van der Waals surface area contributed by atoms with Gasteiger partial charge in [-0.2, -0.15) is 0 Å².